The molecule has 1 aromatic carbocycles. The van der Waals surface area contributed by atoms with Crippen molar-refractivity contribution in [2.45, 2.75) is 0 Å². The van der Waals surface area contributed by atoms with Crippen molar-refractivity contribution < 1.29 is 9.67 Å². The molecule has 1 heterocycles. The monoisotopic (exact) mass is 198 g/mol. The van der Waals surface area contributed by atoms with E-state index in [2.05, 4.69) is 0 Å². The van der Waals surface area contributed by atoms with Gasteiger partial charge in [0.05, 0.1) is 0 Å². The largest absolute Gasteiger partial charge is 0.508 e. The lowest BCUT2D eigenvalue weighted by molar-refractivity contribution is -0.567. The Kier molecular flexibility index (Phi) is 2.79. The van der Waals surface area contributed by atoms with Crippen molar-refractivity contribution in [3.8, 4) is 5.75 Å². The summed E-state index contributed by atoms with van der Waals surface area (Å²) < 4.78 is 1.95. The van der Waals surface area contributed by atoms with Gasteiger partial charge in [0.25, 0.3) is 0 Å². The average molecular weight is 198 g/mol. The lowest BCUT2D eigenvalue weighted by Crippen LogP contribution is -2.23. The smallest absolute Gasteiger partial charge is 0.175 e. The van der Waals surface area contributed by atoms with Crippen molar-refractivity contribution in [1.29, 1.82) is 0 Å². The van der Waals surface area contributed by atoms with Crippen molar-refractivity contribution in [2.24, 2.45) is 0 Å². The summed E-state index contributed by atoms with van der Waals surface area (Å²) in [7, 11) is 0. The number of benzene rings is 1. The van der Waals surface area contributed by atoms with Crippen molar-refractivity contribution >= 4 is 12.3 Å². The molecular weight excluding hydrogens is 186 g/mol. The molecule has 0 aliphatic rings. The minimum atomic E-state index is 0.287. The fourth-order valence-electron chi connectivity index (χ4n) is 1.31. The van der Waals surface area contributed by atoms with Crippen LogP contribution >= 0.6 is 0 Å². The summed E-state index contributed by atoms with van der Waals surface area (Å²) in [5, 5.41) is 9.27. The van der Waals surface area contributed by atoms with E-state index in [4.69, 9.17) is 0 Å². The number of phenolic OH excluding ortho intramolecular Hbond substituents is 1. The van der Waals surface area contributed by atoms with Crippen LogP contribution in [0.2, 0.25) is 0 Å². The van der Waals surface area contributed by atoms with Crippen LogP contribution in [-0.2, 0) is 0 Å². The molecule has 0 bridgehead atoms. The third-order valence-electron chi connectivity index (χ3n) is 2.05. The molecule has 2 rings (SSSR count). The molecule has 0 spiro atoms. The van der Waals surface area contributed by atoms with Crippen molar-refractivity contribution in [3.05, 3.63) is 60.4 Å². The second-order valence-electron chi connectivity index (χ2n) is 3.23. The van der Waals surface area contributed by atoms with E-state index in [0.29, 0.717) is 0 Å². The summed E-state index contributed by atoms with van der Waals surface area (Å²) in [5.74, 6) is 0.287. The van der Waals surface area contributed by atoms with Gasteiger partial charge in [0.2, 0.25) is 0 Å². The van der Waals surface area contributed by atoms with Crippen LogP contribution < -0.4 is 4.57 Å². The molecule has 0 radical (unpaired) electrons. The molecule has 2 nitrogen and oxygen atoms in total. The summed E-state index contributed by atoms with van der Waals surface area (Å²) in [6.07, 6.45) is 7.80. The van der Waals surface area contributed by atoms with Gasteiger partial charge in [-0.15, -0.1) is 0 Å². The minimum absolute atomic E-state index is 0.287. The first-order chi connectivity index (χ1) is 7.34. The van der Waals surface area contributed by atoms with Crippen LogP contribution in [0.1, 0.15) is 5.56 Å². The highest BCUT2D eigenvalue weighted by Crippen LogP contribution is 2.11. The van der Waals surface area contributed by atoms with E-state index in [1.807, 2.05) is 59.6 Å². The van der Waals surface area contributed by atoms with Crippen LogP contribution in [0.15, 0.2) is 54.9 Å². The molecule has 0 aliphatic heterocycles. The Morgan fingerprint density at radius 3 is 2.53 bits per heavy atom. The fourth-order valence-corrected chi connectivity index (χ4v) is 1.31. The van der Waals surface area contributed by atoms with E-state index in [9.17, 15) is 5.11 Å². The average Bonchev–Trinajstić information content (AvgIpc) is 2.28. The van der Waals surface area contributed by atoms with Crippen LogP contribution in [0, 0.1) is 0 Å². The highest BCUT2D eigenvalue weighted by Gasteiger charge is 1.92. The van der Waals surface area contributed by atoms with Crippen LogP contribution in [0.25, 0.3) is 12.3 Å². The van der Waals surface area contributed by atoms with E-state index >= 15 is 0 Å². The van der Waals surface area contributed by atoms with Gasteiger partial charge in [-0.1, -0.05) is 18.2 Å². The van der Waals surface area contributed by atoms with E-state index in [-0.39, 0.29) is 5.75 Å². The predicted octanol–water partition coefficient (Wildman–Crippen LogP) is 2.31. The van der Waals surface area contributed by atoms with Crippen LogP contribution in [0.5, 0.6) is 5.75 Å². The summed E-state index contributed by atoms with van der Waals surface area (Å²) in [5.41, 5.74) is 0.978. The van der Waals surface area contributed by atoms with E-state index in [1.165, 1.54) is 0 Å². The Hall–Kier alpha value is -2.09. The Morgan fingerprint density at radius 1 is 1.00 bits per heavy atom. The second-order valence-corrected chi connectivity index (χ2v) is 3.23. The lowest BCUT2D eigenvalue weighted by atomic mass is 10.2. The SMILES string of the molecule is Oc1cccc(C=C[n+]2ccccc2)c1. The Labute approximate surface area is 88.8 Å². The van der Waals surface area contributed by atoms with E-state index in [1.54, 1.807) is 12.1 Å². The first-order valence-electron chi connectivity index (χ1n) is 4.77. The van der Waals surface area contributed by atoms with E-state index < -0.39 is 0 Å². The van der Waals surface area contributed by atoms with Crippen molar-refractivity contribution in [2.75, 3.05) is 0 Å². The zero-order valence-electron chi connectivity index (χ0n) is 8.25. The molecule has 0 unspecified atom stereocenters. The Bertz CT molecular complexity index is 463. The third-order valence-corrected chi connectivity index (χ3v) is 2.05. The van der Waals surface area contributed by atoms with Gasteiger partial charge in [-0.25, -0.2) is 0 Å². The number of aromatic hydroxyl groups is 1. The molecule has 2 aromatic rings. The molecule has 74 valence electrons. The summed E-state index contributed by atoms with van der Waals surface area (Å²) >= 11 is 0. The number of pyridine rings is 1. The standard InChI is InChI=1S/C13H11NO/c15-13-6-4-5-12(11-13)7-10-14-8-2-1-3-9-14/h1-11H/p+1. The maximum absolute atomic E-state index is 9.27. The highest BCUT2D eigenvalue weighted by atomic mass is 16.3. The molecule has 1 aromatic heterocycles. The minimum Gasteiger partial charge on any atom is -0.508 e. The molecule has 0 saturated carbocycles. The Morgan fingerprint density at radius 2 is 1.80 bits per heavy atom. The third kappa shape index (κ3) is 2.68. The van der Waals surface area contributed by atoms with Gasteiger partial charge in [0.1, 0.15) is 5.75 Å². The zero-order valence-corrected chi connectivity index (χ0v) is 8.25. The lowest BCUT2D eigenvalue weighted by Gasteiger charge is -1.92. The van der Waals surface area contributed by atoms with Gasteiger partial charge in [-0.05, 0) is 17.7 Å². The van der Waals surface area contributed by atoms with Crippen LogP contribution in [-0.4, -0.2) is 5.11 Å². The number of aromatic nitrogens is 1. The number of hydrogen-bond donors (Lipinski definition) is 1. The van der Waals surface area contributed by atoms with Gasteiger partial charge in [-0.2, -0.15) is 4.57 Å². The second kappa shape index (κ2) is 4.42. The quantitative estimate of drug-likeness (QED) is 0.736. The molecule has 15 heavy (non-hydrogen) atoms. The molecule has 0 amide bonds. The topological polar surface area (TPSA) is 24.1 Å². The van der Waals surface area contributed by atoms with Crippen LogP contribution in [0.4, 0.5) is 0 Å². The molecule has 1 N–H and O–H groups in total. The fraction of sp³-hybridized carbons (Fsp3) is 0. The highest BCUT2D eigenvalue weighted by molar-refractivity contribution is 5.58. The van der Waals surface area contributed by atoms with Crippen molar-refractivity contribution in [3.63, 3.8) is 0 Å². The summed E-state index contributed by atoms with van der Waals surface area (Å²) in [4.78, 5) is 0. The molecule has 0 atom stereocenters. The maximum atomic E-state index is 9.27. The zero-order chi connectivity index (χ0) is 10.5. The van der Waals surface area contributed by atoms with Gasteiger partial charge >= 0.3 is 0 Å². The van der Waals surface area contributed by atoms with E-state index in [0.717, 1.165) is 5.56 Å². The Balaban J connectivity index is 2.19. The summed E-state index contributed by atoms with van der Waals surface area (Å²) in [6, 6.07) is 13.1. The molecule has 0 aliphatic carbocycles. The number of rotatable bonds is 2. The number of phenols is 1. The molecule has 0 fully saturated rings. The number of hydrogen-bond acceptors (Lipinski definition) is 1. The molecule has 2 heteroatoms. The molecule has 0 saturated heterocycles. The number of nitrogens with zero attached hydrogens (tertiary/aromatic N) is 1. The normalized spacial score (nSPS) is 10.7. The molecular formula is C13H12NO+. The summed E-state index contributed by atoms with van der Waals surface area (Å²) in [6.45, 7) is 0. The van der Waals surface area contributed by atoms with Gasteiger partial charge in [0.15, 0.2) is 18.6 Å². The predicted molar refractivity (Wildman–Crippen MR) is 60.0 cm³/mol. The van der Waals surface area contributed by atoms with Gasteiger partial charge < -0.3 is 5.11 Å². The maximum Gasteiger partial charge on any atom is 0.175 e. The van der Waals surface area contributed by atoms with Crippen molar-refractivity contribution in [1.82, 2.24) is 0 Å². The first kappa shape index (κ1) is 9.46. The van der Waals surface area contributed by atoms with Gasteiger partial charge in [-0.3, -0.25) is 0 Å². The van der Waals surface area contributed by atoms with Gasteiger partial charge in [0, 0.05) is 18.2 Å². The van der Waals surface area contributed by atoms with Crippen LogP contribution in [0.3, 0.4) is 0 Å². The first-order valence-corrected chi connectivity index (χ1v) is 4.77.